The molecule has 16 aromatic carbocycles. The summed E-state index contributed by atoms with van der Waals surface area (Å²) in [4.78, 5) is 30.2. The number of nitrogens with zero attached hydrogens (tertiary/aromatic N) is 6. The maximum atomic E-state index is 5.09. The number of hydrogen-bond donors (Lipinski definition) is 0. The molecule has 1 aliphatic carbocycles. The van der Waals surface area contributed by atoms with Crippen molar-refractivity contribution in [3.8, 4) is 79.5 Å². The topological polar surface area (TPSA) is 77.3 Å². The quantitative estimate of drug-likeness (QED) is 0.154. The van der Waals surface area contributed by atoms with Crippen LogP contribution in [-0.2, 0) is 5.41 Å². The van der Waals surface area contributed by atoms with Crippen molar-refractivity contribution in [2.45, 2.75) is 19.3 Å². The lowest BCUT2D eigenvalue weighted by atomic mass is 9.78. The van der Waals surface area contributed by atoms with Gasteiger partial charge in [-0.05, 0) is 133 Å². The highest BCUT2D eigenvalue weighted by atomic mass is 32.1. The lowest BCUT2D eigenvalue weighted by molar-refractivity contribution is 0.666. The van der Waals surface area contributed by atoms with Crippen LogP contribution in [0.3, 0.4) is 0 Å². The van der Waals surface area contributed by atoms with E-state index in [-0.39, 0.29) is 5.41 Å². The summed E-state index contributed by atoms with van der Waals surface area (Å²) >= 11 is 1.89. The second-order valence-corrected chi connectivity index (χ2v) is 26.7. The Morgan fingerprint density at radius 1 is 0.250 bits per heavy atom. The third-order valence-electron chi connectivity index (χ3n) is 19.7. The Morgan fingerprint density at radius 3 is 1.18 bits per heavy atom. The third-order valence-corrected chi connectivity index (χ3v) is 20.9. The average molecular weight is 1240 g/mol. The molecule has 0 fully saturated rings. The Labute approximate surface area is 557 Å². The van der Waals surface area contributed by atoms with Gasteiger partial charge in [-0.25, -0.2) is 29.9 Å². The molecule has 448 valence electrons. The molecule has 20 rings (SSSR count). The fourth-order valence-electron chi connectivity index (χ4n) is 15.2. The first kappa shape index (κ1) is 55.5. The first-order valence-corrected chi connectivity index (χ1v) is 33.5. The van der Waals surface area contributed by atoms with E-state index in [0.29, 0.717) is 34.9 Å². The number of rotatable bonds is 6. The zero-order chi connectivity index (χ0) is 63.6. The van der Waals surface area contributed by atoms with E-state index in [0.717, 1.165) is 54.9 Å². The molecule has 7 heteroatoms. The second-order valence-electron chi connectivity index (χ2n) is 25.6. The fourth-order valence-corrected chi connectivity index (χ4v) is 16.4. The Bertz CT molecular complexity index is 6440. The van der Waals surface area contributed by atoms with Crippen molar-refractivity contribution in [1.82, 2.24) is 29.9 Å². The van der Waals surface area contributed by atoms with Crippen LogP contribution in [0.2, 0.25) is 0 Å². The molecule has 0 spiro atoms. The number of fused-ring (bicyclic) bond motifs is 22. The van der Waals surface area contributed by atoms with E-state index in [2.05, 4.69) is 281 Å². The molecule has 0 amide bonds. The molecule has 0 radical (unpaired) electrons. The Hall–Kier alpha value is -12.2. The smallest absolute Gasteiger partial charge is 0.164 e. The van der Waals surface area contributed by atoms with Crippen molar-refractivity contribution in [3.63, 3.8) is 0 Å². The zero-order valence-corrected chi connectivity index (χ0v) is 53.3. The maximum absolute atomic E-state index is 5.09. The first-order chi connectivity index (χ1) is 47.3. The van der Waals surface area contributed by atoms with Gasteiger partial charge in [-0.3, -0.25) is 0 Å². The van der Waals surface area contributed by atoms with Crippen LogP contribution in [0.15, 0.2) is 303 Å². The van der Waals surface area contributed by atoms with Crippen molar-refractivity contribution in [2.24, 2.45) is 0 Å². The Balaban J connectivity index is 0.000000135. The number of aromatic nitrogens is 6. The van der Waals surface area contributed by atoms with E-state index in [1.807, 2.05) is 47.7 Å². The molecule has 1 aliphatic rings. The first-order valence-electron chi connectivity index (χ1n) is 32.7. The van der Waals surface area contributed by atoms with Crippen molar-refractivity contribution in [2.75, 3.05) is 0 Å². The van der Waals surface area contributed by atoms with E-state index < -0.39 is 0 Å². The molecule has 0 aliphatic heterocycles. The molecule has 0 saturated carbocycles. The molecule has 6 nitrogen and oxygen atoms in total. The summed E-state index contributed by atoms with van der Waals surface area (Å²) < 4.78 is 2.67. The van der Waals surface area contributed by atoms with Gasteiger partial charge in [-0.2, -0.15) is 0 Å². The number of benzene rings is 16. The van der Waals surface area contributed by atoms with Crippen LogP contribution in [0.4, 0.5) is 0 Å². The van der Waals surface area contributed by atoms with Gasteiger partial charge in [0.2, 0.25) is 0 Å². The highest BCUT2D eigenvalue weighted by Crippen LogP contribution is 2.55. The summed E-state index contributed by atoms with van der Waals surface area (Å²) in [5.74, 6) is 3.97. The summed E-state index contributed by atoms with van der Waals surface area (Å²) in [5.41, 5.74) is 11.2. The van der Waals surface area contributed by atoms with Gasteiger partial charge in [0, 0.05) is 64.4 Å². The van der Waals surface area contributed by atoms with Gasteiger partial charge in [-0.1, -0.05) is 287 Å². The summed E-state index contributed by atoms with van der Waals surface area (Å²) in [6, 6.07) is 108. The fraction of sp³-hybridized carbons (Fsp3) is 0.0337. The van der Waals surface area contributed by atoms with Crippen LogP contribution in [0.1, 0.15) is 25.0 Å². The minimum atomic E-state index is -0.111. The van der Waals surface area contributed by atoms with E-state index in [1.54, 1.807) is 0 Å². The van der Waals surface area contributed by atoms with E-state index >= 15 is 0 Å². The molecule has 3 heterocycles. The number of thiophene rings is 1. The van der Waals surface area contributed by atoms with E-state index in [4.69, 9.17) is 29.9 Å². The van der Waals surface area contributed by atoms with Gasteiger partial charge in [0.1, 0.15) is 0 Å². The molecule has 0 N–H and O–H groups in total. The summed E-state index contributed by atoms with van der Waals surface area (Å²) in [6.45, 7) is 4.74. The molecule has 0 saturated heterocycles. The summed E-state index contributed by atoms with van der Waals surface area (Å²) in [6.07, 6.45) is 0. The molecule has 19 aromatic rings. The largest absolute Gasteiger partial charge is 0.208 e. The SMILES string of the molecule is CC1(C)c2ccccc2-c2c1c1ccc3cc(-c4nc(-c5ccccc5)nc(-c5ccc6ccccc6c5)n4)ccc3c1c1ccccc21.c1ccc(-c2nc(-c3ccc4ccccc4c3)nc(-c3ccc4c(ccc5c4c4ccccc4c4sc6ccccc6c54)c3)n2)cc1. The van der Waals surface area contributed by atoms with Crippen LogP contribution in [0.25, 0.3) is 186 Å². The second kappa shape index (κ2) is 22.0. The predicted molar refractivity (Wildman–Crippen MR) is 403 cm³/mol. The van der Waals surface area contributed by atoms with E-state index in [9.17, 15) is 0 Å². The molecule has 0 atom stereocenters. The van der Waals surface area contributed by atoms with Gasteiger partial charge in [0.25, 0.3) is 0 Å². The monoisotopic (exact) mass is 1240 g/mol. The van der Waals surface area contributed by atoms with Crippen LogP contribution in [-0.4, -0.2) is 29.9 Å². The molecule has 96 heavy (non-hydrogen) atoms. The van der Waals surface area contributed by atoms with Gasteiger partial charge in [0.05, 0.1) is 0 Å². The Morgan fingerprint density at radius 2 is 0.625 bits per heavy atom. The average Bonchev–Trinajstić information content (AvgIpc) is 1.53. The van der Waals surface area contributed by atoms with Crippen LogP contribution >= 0.6 is 11.3 Å². The van der Waals surface area contributed by atoms with Crippen LogP contribution in [0.5, 0.6) is 0 Å². The zero-order valence-electron chi connectivity index (χ0n) is 52.5. The van der Waals surface area contributed by atoms with Crippen molar-refractivity contribution in [3.05, 3.63) is 314 Å². The lowest BCUT2D eigenvalue weighted by Gasteiger charge is -2.24. The van der Waals surface area contributed by atoms with Crippen LogP contribution < -0.4 is 0 Å². The van der Waals surface area contributed by atoms with Crippen molar-refractivity contribution in [1.29, 1.82) is 0 Å². The van der Waals surface area contributed by atoms with Gasteiger partial charge in [0.15, 0.2) is 34.9 Å². The highest BCUT2D eigenvalue weighted by Gasteiger charge is 2.38. The predicted octanol–water partition coefficient (Wildman–Crippen LogP) is 23.6. The number of hydrogen-bond acceptors (Lipinski definition) is 7. The normalized spacial score (nSPS) is 12.6. The molecule has 0 bridgehead atoms. The van der Waals surface area contributed by atoms with Gasteiger partial charge >= 0.3 is 0 Å². The summed E-state index contributed by atoms with van der Waals surface area (Å²) in [5, 5.41) is 22.5. The molecular weight excluding hydrogens is 1190 g/mol. The lowest BCUT2D eigenvalue weighted by Crippen LogP contribution is -2.15. The highest BCUT2D eigenvalue weighted by molar-refractivity contribution is 7.27. The van der Waals surface area contributed by atoms with Gasteiger partial charge in [-0.15, -0.1) is 11.3 Å². The van der Waals surface area contributed by atoms with E-state index in [1.165, 1.54) is 107 Å². The van der Waals surface area contributed by atoms with Gasteiger partial charge < -0.3 is 0 Å². The van der Waals surface area contributed by atoms with Crippen molar-refractivity contribution >= 4 is 118 Å². The molecule has 0 unspecified atom stereocenters. The molecule has 3 aromatic heterocycles. The third kappa shape index (κ3) is 9.00. The summed E-state index contributed by atoms with van der Waals surface area (Å²) in [7, 11) is 0. The molecular formula is C89H56N6S. The Kier molecular flexibility index (Phi) is 12.7. The van der Waals surface area contributed by atoms with Crippen LogP contribution in [0, 0.1) is 0 Å². The maximum Gasteiger partial charge on any atom is 0.164 e. The standard InChI is InChI=1S/C46H31N3.C43H25N3S/c1-46(2)39-19-11-10-18-37(39)41-36-17-9-8-16-35(36)40-34-24-23-33(27-31(34)22-25-38(40)42(41)46)45-48-43(29-13-4-3-5-14-29)47-44(49-45)32-21-20-28-12-6-7-15-30(28)26-32;1-2-11-27(12-3-1)41-44-42(30-19-18-26-10-4-5-13-28(26)24-30)46-43(45-41)31-21-22-32-29(25-31)20-23-36-38(32)33-14-6-7-15-34(33)40-39(36)35-16-8-9-17-37(35)47-40/h3-27H,1-2H3;1-25H. The van der Waals surface area contributed by atoms with Crippen molar-refractivity contribution < 1.29 is 0 Å². The minimum absolute atomic E-state index is 0.111. The minimum Gasteiger partial charge on any atom is -0.208 e.